The number of imide groups is 1. The molecular weight excluding hydrogens is 338 g/mol. The molecule has 1 aliphatic rings. The van der Waals surface area contributed by atoms with Crippen LogP contribution in [-0.2, 0) is 24.3 Å². The Balaban J connectivity index is 2.46. The van der Waals surface area contributed by atoms with E-state index in [0.29, 0.717) is 19.4 Å². The molecule has 1 rings (SSSR count). The largest absolute Gasteiger partial charge is 0.452 e. The number of rotatable bonds is 6. The molecular formula is C14H25N3O6S. The number of ether oxygens (including phenoxy) is 1. The Morgan fingerprint density at radius 3 is 2.29 bits per heavy atom. The van der Waals surface area contributed by atoms with Crippen LogP contribution in [0.1, 0.15) is 33.6 Å². The summed E-state index contributed by atoms with van der Waals surface area (Å²) >= 11 is 0. The number of urea groups is 1. The van der Waals surface area contributed by atoms with Crippen molar-refractivity contribution in [2.45, 2.75) is 39.7 Å². The summed E-state index contributed by atoms with van der Waals surface area (Å²) in [5, 5.41) is 4.47. The molecule has 0 bridgehead atoms. The molecule has 1 saturated heterocycles. The Morgan fingerprint density at radius 1 is 1.21 bits per heavy atom. The second-order valence-corrected chi connectivity index (χ2v) is 7.76. The molecule has 24 heavy (non-hydrogen) atoms. The number of nitrogens with zero attached hydrogens (tertiary/aromatic N) is 1. The zero-order valence-electron chi connectivity index (χ0n) is 14.2. The molecule has 1 heterocycles. The topological polar surface area (TPSA) is 122 Å². The van der Waals surface area contributed by atoms with Crippen LogP contribution in [0.15, 0.2) is 0 Å². The van der Waals surface area contributed by atoms with Gasteiger partial charge in [-0.1, -0.05) is 0 Å². The molecule has 0 aromatic heterocycles. The lowest BCUT2D eigenvalue weighted by atomic mass is 9.98. The molecule has 2 N–H and O–H groups in total. The molecule has 0 saturated carbocycles. The molecule has 1 unspecified atom stereocenters. The van der Waals surface area contributed by atoms with E-state index in [4.69, 9.17) is 4.74 Å². The number of esters is 1. The highest BCUT2D eigenvalue weighted by molar-refractivity contribution is 7.89. The smallest absolute Gasteiger partial charge is 0.321 e. The minimum absolute atomic E-state index is 0.0269. The maximum absolute atomic E-state index is 12.1. The van der Waals surface area contributed by atoms with E-state index < -0.39 is 40.0 Å². The maximum Gasteiger partial charge on any atom is 0.321 e. The quantitative estimate of drug-likeness (QED) is 0.632. The number of hydrogen-bond acceptors (Lipinski definition) is 6. The highest BCUT2D eigenvalue weighted by Gasteiger charge is 2.32. The molecule has 1 aliphatic heterocycles. The summed E-state index contributed by atoms with van der Waals surface area (Å²) in [5.41, 5.74) is 0. The molecule has 3 amide bonds. The average Bonchev–Trinajstić information content (AvgIpc) is 2.54. The number of piperidine rings is 1. The first-order valence-corrected chi connectivity index (χ1v) is 9.59. The third kappa shape index (κ3) is 5.75. The summed E-state index contributed by atoms with van der Waals surface area (Å²) < 4.78 is 30.0. The van der Waals surface area contributed by atoms with Crippen LogP contribution >= 0.6 is 0 Å². The number of hydrogen-bond donors (Lipinski definition) is 2. The number of carbonyl (C=O) groups is 3. The fourth-order valence-corrected chi connectivity index (χ4v) is 3.43. The predicted molar refractivity (Wildman–Crippen MR) is 86.5 cm³/mol. The lowest BCUT2D eigenvalue weighted by molar-refractivity contribution is -0.159. The molecule has 1 fully saturated rings. The van der Waals surface area contributed by atoms with Crippen molar-refractivity contribution in [2.24, 2.45) is 5.92 Å². The van der Waals surface area contributed by atoms with E-state index >= 15 is 0 Å². The molecule has 10 heteroatoms. The maximum atomic E-state index is 12.1. The molecule has 0 radical (unpaired) electrons. The van der Waals surface area contributed by atoms with Crippen LogP contribution in [0.5, 0.6) is 0 Å². The van der Waals surface area contributed by atoms with Crippen molar-refractivity contribution in [3.8, 4) is 0 Å². The minimum Gasteiger partial charge on any atom is -0.452 e. The van der Waals surface area contributed by atoms with Gasteiger partial charge in [-0.2, -0.15) is 0 Å². The van der Waals surface area contributed by atoms with Gasteiger partial charge in [-0.3, -0.25) is 14.9 Å². The van der Waals surface area contributed by atoms with Crippen LogP contribution in [0, 0.1) is 5.92 Å². The van der Waals surface area contributed by atoms with Gasteiger partial charge in [0.25, 0.3) is 5.91 Å². The fraction of sp³-hybridized carbons (Fsp3) is 0.786. The fourth-order valence-electron chi connectivity index (χ4n) is 2.29. The van der Waals surface area contributed by atoms with Gasteiger partial charge in [0, 0.05) is 19.6 Å². The second-order valence-electron chi connectivity index (χ2n) is 5.50. The van der Waals surface area contributed by atoms with Crippen LogP contribution in [0.4, 0.5) is 4.79 Å². The van der Waals surface area contributed by atoms with Crippen LogP contribution in [0.25, 0.3) is 0 Å². The monoisotopic (exact) mass is 363 g/mol. The summed E-state index contributed by atoms with van der Waals surface area (Å²) in [4.78, 5) is 35.1. The first-order valence-electron chi connectivity index (χ1n) is 7.98. The van der Waals surface area contributed by atoms with Gasteiger partial charge in [-0.15, -0.1) is 0 Å². The Kier molecular flexibility index (Phi) is 7.61. The van der Waals surface area contributed by atoms with Gasteiger partial charge in [-0.05, 0) is 33.6 Å². The summed E-state index contributed by atoms with van der Waals surface area (Å²) in [5.74, 6) is -1.69. The summed E-state index contributed by atoms with van der Waals surface area (Å²) in [6.45, 7) is 5.55. The summed E-state index contributed by atoms with van der Waals surface area (Å²) in [6, 6.07) is -0.650. The van der Waals surface area contributed by atoms with E-state index in [2.05, 4.69) is 10.6 Å². The van der Waals surface area contributed by atoms with Gasteiger partial charge in [0.05, 0.1) is 11.7 Å². The summed E-state index contributed by atoms with van der Waals surface area (Å²) in [7, 11) is -3.25. The van der Waals surface area contributed by atoms with Gasteiger partial charge in [0.15, 0.2) is 6.10 Å². The van der Waals surface area contributed by atoms with Gasteiger partial charge in [0.2, 0.25) is 10.0 Å². The van der Waals surface area contributed by atoms with E-state index in [9.17, 15) is 22.8 Å². The van der Waals surface area contributed by atoms with E-state index in [1.54, 1.807) is 13.8 Å². The van der Waals surface area contributed by atoms with Crippen LogP contribution in [0.2, 0.25) is 0 Å². The molecule has 0 spiro atoms. The van der Waals surface area contributed by atoms with Crippen LogP contribution in [-0.4, -0.2) is 62.1 Å². The predicted octanol–water partition coefficient (Wildman–Crippen LogP) is -0.174. The van der Waals surface area contributed by atoms with E-state index in [0.717, 1.165) is 0 Å². The second kappa shape index (κ2) is 8.97. The number of sulfonamides is 1. The zero-order valence-corrected chi connectivity index (χ0v) is 15.0. The summed E-state index contributed by atoms with van der Waals surface area (Å²) in [6.07, 6.45) is -0.400. The third-order valence-corrected chi connectivity index (χ3v) is 5.66. The van der Waals surface area contributed by atoms with E-state index in [1.165, 1.54) is 11.2 Å². The average molecular weight is 363 g/mol. The highest BCUT2D eigenvalue weighted by Crippen LogP contribution is 2.21. The minimum atomic E-state index is -3.25. The van der Waals surface area contributed by atoms with E-state index in [1.807, 2.05) is 0 Å². The third-order valence-electron chi connectivity index (χ3n) is 3.78. The lowest BCUT2D eigenvalue weighted by Crippen LogP contribution is -2.46. The molecule has 0 aromatic carbocycles. The first kappa shape index (κ1) is 20.4. The molecule has 9 nitrogen and oxygen atoms in total. The van der Waals surface area contributed by atoms with Crippen LogP contribution in [0.3, 0.4) is 0 Å². The number of amides is 3. The lowest BCUT2D eigenvalue weighted by Gasteiger charge is -2.30. The molecule has 0 aromatic rings. The van der Waals surface area contributed by atoms with Gasteiger partial charge >= 0.3 is 12.0 Å². The standard InChI is InChI=1S/C14H25N3O6S/c1-4-15-14(20)16-12(18)10(3)23-13(19)11-6-8-17(9-7-11)24(21,22)5-2/h10-11H,4-9H2,1-3H3,(H2,15,16,18,20). The van der Waals surface area contributed by atoms with Crippen molar-refractivity contribution < 1.29 is 27.5 Å². The molecule has 0 aliphatic carbocycles. The number of nitrogens with one attached hydrogen (secondary N) is 2. The first-order chi connectivity index (χ1) is 11.2. The van der Waals surface area contributed by atoms with Gasteiger partial charge in [0.1, 0.15) is 0 Å². The van der Waals surface area contributed by atoms with Crippen LogP contribution < -0.4 is 10.6 Å². The zero-order chi connectivity index (χ0) is 18.3. The Hall–Kier alpha value is -1.68. The Bertz CT molecular complexity index is 569. The SMILES string of the molecule is CCNC(=O)NC(=O)C(C)OC(=O)C1CCN(S(=O)(=O)CC)CC1. The van der Waals surface area contributed by atoms with Gasteiger partial charge in [-0.25, -0.2) is 17.5 Å². The molecule has 138 valence electrons. The normalized spacial score (nSPS) is 17.8. The highest BCUT2D eigenvalue weighted by atomic mass is 32.2. The van der Waals surface area contributed by atoms with Crippen molar-refractivity contribution in [2.75, 3.05) is 25.4 Å². The van der Waals surface area contributed by atoms with Crippen molar-refractivity contribution >= 4 is 27.9 Å². The van der Waals surface area contributed by atoms with E-state index in [-0.39, 0.29) is 18.8 Å². The van der Waals surface area contributed by atoms with Crippen molar-refractivity contribution in [1.82, 2.24) is 14.9 Å². The Labute approximate surface area is 142 Å². The Morgan fingerprint density at radius 2 is 1.79 bits per heavy atom. The van der Waals surface area contributed by atoms with Crippen molar-refractivity contribution in [3.05, 3.63) is 0 Å². The van der Waals surface area contributed by atoms with Gasteiger partial charge < -0.3 is 10.1 Å². The van der Waals surface area contributed by atoms with Crippen molar-refractivity contribution in [3.63, 3.8) is 0 Å². The number of carbonyl (C=O) groups excluding carboxylic acids is 3. The van der Waals surface area contributed by atoms with Crippen molar-refractivity contribution in [1.29, 1.82) is 0 Å². The molecule has 1 atom stereocenters.